The molecule has 0 spiro atoms. The van der Waals surface area contributed by atoms with E-state index in [0.29, 0.717) is 35.2 Å². The van der Waals surface area contributed by atoms with E-state index in [4.69, 9.17) is 16.3 Å². The van der Waals surface area contributed by atoms with Crippen molar-refractivity contribution >= 4 is 23.2 Å². The highest BCUT2D eigenvalue weighted by molar-refractivity contribution is 6.31. The predicted octanol–water partition coefficient (Wildman–Crippen LogP) is 4.37. The Labute approximate surface area is 155 Å². The van der Waals surface area contributed by atoms with Crippen molar-refractivity contribution < 1.29 is 13.9 Å². The van der Waals surface area contributed by atoms with Crippen molar-refractivity contribution in [3.63, 3.8) is 0 Å². The third-order valence-electron chi connectivity index (χ3n) is 3.67. The average molecular weight is 374 g/mol. The number of hydrogen-bond donors (Lipinski definition) is 1. The Kier molecular flexibility index (Phi) is 5.53. The van der Waals surface area contributed by atoms with Crippen LogP contribution >= 0.6 is 11.6 Å². The van der Waals surface area contributed by atoms with Crippen LogP contribution in [0.3, 0.4) is 0 Å². The number of aromatic nitrogens is 2. The summed E-state index contributed by atoms with van der Waals surface area (Å²) in [6.07, 6.45) is 3.23. The maximum atomic E-state index is 13.1. The van der Waals surface area contributed by atoms with Gasteiger partial charge in [0.05, 0.1) is 25.0 Å². The lowest BCUT2D eigenvalue weighted by Gasteiger charge is -2.06. The number of anilines is 1. The summed E-state index contributed by atoms with van der Waals surface area (Å²) in [7, 11) is 0. The summed E-state index contributed by atoms with van der Waals surface area (Å²) in [5, 5.41) is 7.31. The van der Waals surface area contributed by atoms with E-state index >= 15 is 0 Å². The monoisotopic (exact) mass is 373 g/mol. The van der Waals surface area contributed by atoms with Gasteiger partial charge >= 0.3 is 0 Å². The van der Waals surface area contributed by atoms with Crippen LogP contribution in [0, 0.1) is 5.82 Å². The number of nitrogens with zero attached hydrogens (tertiary/aromatic N) is 2. The van der Waals surface area contributed by atoms with Gasteiger partial charge in [-0.3, -0.25) is 9.48 Å². The van der Waals surface area contributed by atoms with Crippen molar-refractivity contribution in [2.75, 3.05) is 11.9 Å². The fourth-order valence-corrected chi connectivity index (χ4v) is 2.64. The Morgan fingerprint density at radius 1 is 1.27 bits per heavy atom. The van der Waals surface area contributed by atoms with Gasteiger partial charge in [-0.1, -0.05) is 17.7 Å². The number of amides is 1. The van der Waals surface area contributed by atoms with Gasteiger partial charge in [-0.2, -0.15) is 5.10 Å². The molecule has 26 heavy (non-hydrogen) atoms. The fraction of sp³-hybridized carbons (Fsp3) is 0.158. The SMILES string of the molecule is CCOc1ccc(C(=O)Nc2cnn(Cc3ccc(F)cc3Cl)c2)cc1. The van der Waals surface area contributed by atoms with E-state index < -0.39 is 0 Å². The molecule has 0 unspecified atom stereocenters. The summed E-state index contributed by atoms with van der Waals surface area (Å²) in [5.74, 6) is 0.0861. The molecule has 7 heteroatoms. The van der Waals surface area contributed by atoms with Gasteiger partial charge in [0, 0.05) is 16.8 Å². The van der Waals surface area contributed by atoms with E-state index in [1.807, 2.05) is 6.92 Å². The zero-order chi connectivity index (χ0) is 18.5. The second kappa shape index (κ2) is 8.01. The number of hydrogen-bond acceptors (Lipinski definition) is 3. The molecule has 1 aromatic heterocycles. The molecule has 2 aromatic carbocycles. The summed E-state index contributed by atoms with van der Waals surface area (Å²) in [4.78, 5) is 12.3. The normalized spacial score (nSPS) is 10.6. The molecule has 134 valence electrons. The largest absolute Gasteiger partial charge is 0.494 e. The van der Waals surface area contributed by atoms with Gasteiger partial charge < -0.3 is 10.1 Å². The molecule has 5 nitrogen and oxygen atoms in total. The van der Waals surface area contributed by atoms with Gasteiger partial charge in [-0.25, -0.2) is 4.39 Å². The standard InChI is InChI=1S/C19H17ClFN3O2/c1-2-26-17-7-4-13(5-8-17)19(25)23-16-10-22-24(12-16)11-14-3-6-15(21)9-18(14)20/h3-10,12H,2,11H2,1H3,(H,23,25). The van der Waals surface area contributed by atoms with E-state index in [0.717, 1.165) is 5.56 Å². The number of ether oxygens (including phenoxy) is 1. The first-order chi connectivity index (χ1) is 12.5. The molecular weight excluding hydrogens is 357 g/mol. The number of rotatable bonds is 6. The summed E-state index contributed by atoms with van der Waals surface area (Å²) >= 11 is 6.02. The summed E-state index contributed by atoms with van der Waals surface area (Å²) in [6.45, 7) is 2.85. The van der Waals surface area contributed by atoms with E-state index in [9.17, 15) is 9.18 Å². The van der Waals surface area contributed by atoms with E-state index in [-0.39, 0.29) is 11.7 Å². The molecule has 3 rings (SSSR count). The third-order valence-corrected chi connectivity index (χ3v) is 4.02. The van der Waals surface area contributed by atoms with Crippen LogP contribution in [-0.2, 0) is 6.54 Å². The molecule has 3 aromatic rings. The fourth-order valence-electron chi connectivity index (χ4n) is 2.41. The number of nitrogens with one attached hydrogen (secondary N) is 1. The van der Waals surface area contributed by atoms with Gasteiger partial charge in [0.25, 0.3) is 5.91 Å². The van der Waals surface area contributed by atoms with Crippen LogP contribution in [0.5, 0.6) is 5.75 Å². The van der Waals surface area contributed by atoms with Crippen molar-refractivity contribution in [3.05, 3.63) is 76.8 Å². The summed E-state index contributed by atoms with van der Waals surface area (Å²) in [5.41, 5.74) is 1.81. The number of carbonyl (C=O) groups excluding carboxylic acids is 1. The van der Waals surface area contributed by atoms with Gasteiger partial charge in [0.2, 0.25) is 0 Å². The zero-order valence-electron chi connectivity index (χ0n) is 14.1. The topological polar surface area (TPSA) is 56.1 Å². The Morgan fingerprint density at radius 3 is 2.73 bits per heavy atom. The van der Waals surface area contributed by atoms with Crippen LogP contribution in [0.2, 0.25) is 5.02 Å². The molecule has 0 saturated carbocycles. The molecular formula is C19H17ClFN3O2. The highest BCUT2D eigenvalue weighted by atomic mass is 35.5. The summed E-state index contributed by atoms with van der Waals surface area (Å²) in [6, 6.07) is 11.1. The van der Waals surface area contributed by atoms with Crippen molar-refractivity contribution in [1.29, 1.82) is 0 Å². The first-order valence-corrected chi connectivity index (χ1v) is 8.43. The highest BCUT2D eigenvalue weighted by Gasteiger charge is 2.09. The summed E-state index contributed by atoms with van der Waals surface area (Å²) < 4.78 is 20.1. The Hall–Kier alpha value is -2.86. The quantitative estimate of drug-likeness (QED) is 0.697. The van der Waals surface area contributed by atoms with Gasteiger partial charge in [0.1, 0.15) is 11.6 Å². The van der Waals surface area contributed by atoms with Gasteiger partial charge in [-0.05, 0) is 48.9 Å². The first kappa shape index (κ1) is 17.9. The number of halogens is 2. The van der Waals surface area contributed by atoms with E-state index in [1.54, 1.807) is 47.4 Å². The lowest BCUT2D eigenvalue weighted by molar-refractivity contribution is 0.102. The third kappa shape index (κ3) is 4.40. The minimum absolute atomic E-state index is 0.243. The highest BCUT2D eigenvalue weighted by Crippen LogP contribution is 2.19. The zero-order valence-corrected chi connectivity index (χ0v) is 14.8. The predicted molar refractivity (Wildman–Crippen MR) is 98.3 cm³/mol. The van der Waals surface area contributed by atoms with E-state index in [2.05, 4.69) is 10.4 Å². The van der Waals surface area contributed by atoms with Crippen molar-refractivity contribution in [2.24, 2.45) is 0 Å². The van der Waals surface area contributed by atoms with Crippen molar-refractivity contribution in [1.82, 2.24) is 9.78 Å². The van der Waals surface area contributed by atoms with Crippen LogP contribution < -0.4 is 10.1 Å². The molecule has 1 heterocycles. The Bertz CT molecular complexity index is 909. The van der Waals surface area contributed by atoms with Gasteiger partial charge in [-0.15, -0.1) is 0 Å². The van der Waals surface area contributed by atoms with Crippen LogP contribution in [0.4, 0.5) is 10.1 Å². The second-order valence-electron chi connectivity index (χ2n) is 5.57. The lowest BCUT2D eigenvalue weighted by atomic mass is 10.2. The molecule has 0 aliphatic heterocycles. The van der Waals surface area contributed by atoms with E-state index in [1.165, 1.54) is 12.1 Å². The first-order valence-electron chi connectivity index (χ1n) is 8.05. The molecule has 0 saturated heterocycles. The maximum absolute atomic E-state index is 13.1. The van der Waals surface area contributed by atoms with Crippen LogP contribution in [0.25, 0.3) is 0 Å². The molecule has 0 atom stereocenters. The molecule has 0 aliphatic carbocycles. The lowest BCUT2D eigenvalue weighted by Crippen LogP contribution is -2.11. The number of benzene rings is 2. The minimum atomic E-state index is -0.387. The van der Waals surface area contributed by atoms with Crippen molar-refractivity contribution in [2.45, 2.75) is 13.5 Å². The molecule has 1 N–H and O–H groups in total. The average Bonchev–Trinajstić information content (AvgIpc) is 3.05. The molecule has 0 fully saturated rings. The maximum Gasteiger partial charge on any atom is 0.255 e. The van der Waals surface area contributed by atoms with Crippen LogP contribution in [0.1, 0.15) is 22.8 Å². The molecule has 1 amide bonds. The van der Waals surface area contributed by atoms with Crippen molar-refractivity contribution in [3.8, 4) is 5.75 Å². The second-order valence-corrected chi connectivity index (χ2v) is 5.98. The minimum Gasteiger partial charge on any atom is -0.494 e. The van der Waals surface area contributed by atoms with Crippen LogP contribution in [-0.4, -0.2) is 22.3 Å². The molecule has 0 radical (unpaired) electrons. The van der Waals surface area contributed by atoms with Gasteiger partial charge in [0.15, 0.2) is 0 Å². The van der Waals surface area contributed by atoms with Crippen LogP contribution in [0.15, 0.2) is 54.9 Å². The molecule has 0 aliphatic rings. The molecule has 0 bridgehead atoms. The number of carbonyl (C=O) groups is 1. The Balaban J connectivity index is 1.65. The smallest absolute Gasteiger partial charge is 0.255 e. The Morgan fingerprint density at radius 2 is 2.04 bits per heavy atom.